The van der Waals surface area contributed by atoms with Crippen molar-refractivity contribution in [2.45, 2.75) is 63.2 Å². The number of carbonyl (C=O) groups is 1. The number of hydrogen-bond donors (Lipinski definition) is 2. The van der Waals surface area contributed by atoms with Crippen LogP contribution in [0.2, 0.25) is 0 Å². The monoisotopic (exact) mass is 411 g/mol. The third-order valence-electron chi connectivity index (χ3n) is 5.66. The fourth-order valence-electron chi connectivity index (χ4n) is 4.41. The molecule has 1 heterocycles. The van der Waals surface area contributed by atoms with Gasteiger partial charge in [-0.25, -0.2) is 4.79 Å². The number of hydrogen-bond acceptors (Lipinski definition) is 4. The Hall–Kier alpha value is -2.37. The summed E-state index contributed by atoms with van der Waals surface area (Å²) < 4.78 is 5.66. The predicted octanol–water partition coefficient (Wildman–Crippen LogP) is 4.66. The molecule has 5 nitrogen and oxygen atoms in total. The van der Waals surface area contributed by atoms with Crippen molar-refractivity contribution in [1.82, 2.24) is 4.90 Å². The maximum atomic E-state index is 13.1. The van der Waals surface area contributed by atoms with Crippen LogP contribution in [0.5, 0.6) is 0 Å². The van der Waals surface area contributed by atoms with E-state index < -0.39 is 23.3 Å². The standard InChI is InChI=1S/C25H33NO4/c1-24(2,3)30-23(28)26-16-10-15-25(29,22(26)20-13-8-5-9-14-20)17-21(18-27)19-11-6-4-7-12-19/h4-9,11-14,21-22,27,29H,10,15-18H2,1-3H3/t21-,22+,25-/m0/s1. The summed E-state index contributed by atoms with van der Waals surface area (Å²) in [5, 5.41) is 22.0. The van der Waals surface area contributed by atoms with Crippen molar-refractivity contribution in [2.75, 3.05) is 13.2 Å². The summed E-state index contributed by atoms with van der Waals surface area (Å²) in [4.78, 5) is 14.7. The number of likely N-dealkylation sites (tertiary alicyclic amines) is 1. The fraction of sp³-hybridized carbons (Fsp3) is 0.480. The first-order chi connectivity index (χ1) is 14.2. The van der Waals surface area contributed by atoms with Crippen molar-refractivity contribution in [3.8, 4) is 0 Å². The molecule has 0 unspecified atom stereocenters. The van der Waals surface area contributed by atoms with Gasteiger partial charge in [0, 0.05) is 12.5 Å². The fourth-order valence-corrected chi connectivity index (χ4v) is 4.41. The molecule has 2 aromatic carbocycles. The number of amides is 1. The molecule has 3 atom stereocenters. The van der Waals surface area contributed by atoms with Crippen molar-refractivity contribution in [1.29, 1.82) is 0 Å². The first-order valence-corrected chi connectivity index (χ1v) is 10.7. The number of aliphatic hydroxyl groups is 2. The first-order valence-electron chi connectivity index (χ1n) is 10.7. The molecule has 1 aliphatic heterocycles. The Morgan fingerprint density at radius 1 is 1.13 bits per heavy atom. The second kappa shape index (κ2) is 9.19. The van der Waals surface area contributed by atoms with E-state index in [1.165, 1.54) is 0 Å². The maximum Gasteiger partial charge on any atom is 0.410 e. The molecule has 0 saturated carbocycles. The lowest BCUT2D eigenvalue weighted by Crippen LogP contribution is -2.54. The maximum absolute atomic E-state index is 13.1. The van der Waals surface area contributed by atoms with Gasteiger partial charge in [-0.2, -0.15) is 0 Å². The molecule has 162 valence electrons. The van der Waals surface area contributed by atoms with Crippen LogP contribution in [0.15, 0.2) is 60.7 Å². The highest BCUT2D eigenvalue weighted by atomic mass is 16.6. The molecule has 1 amide bonds. The van der Waals surface area contributed by atoms with Gasteiger partial charge >= 0.3 is 6.09 Å². The lowest BCUT2D eigenvalue weighted by atomic mass is 9.74. The smallest absolute Gasteiger partial charge is 0.410 e. The lowest BCUT2D eigenvalue weighted by molar-refractivity contribution is -0.0954. The quantitative estimate of drug-likeness (QED) is 0.751. The van der Waals surface area contributed by atoms with Crippen molar-refractivity contribution >= 4 is 6.09 Å². The van der Waals surface area contributed by atoms with Gasteiger partial charge in [-0.1, -0.05) is 60.7 Å². The molecule has 0 aromatic heterocycles. The van der Waals surface area contributed by atoms with Gasteiger partial charge in [0.25, 0.3) is 0 Å². The number of ether oxygens (including phenoxy) is 1. The minimum Gasteiger partial charge on any atom is -0.444 e. The number of piperidine rings is 1. The van der Waals surface area contributed by atoms with Gasteiger partial charge in [0.15, 0.2) is 0 Å². The molecule has 0 bridgehead atoms. The Balaban J connectivity index is 1.97. The van der Waals surface area contributed by atoms with Gasteiger partial charge in [-0.05, 0) is 51.2 Å². The number of nitrogens with zero attached hydrogens (tertiary/aromatic N) is 1. The van der Waals surface area contributed by atoms with Crippen LogP contribution in [0.25, 0.3) is 0 Å². The number of benzene rings is 2. The molecule has 3 rings (SSSR count). The van der Waals surface area contributed by atoms with E-state index in [0.717, 1.165) is 11.1 Å². The van der Waals surface area contributed by atoms with Gasteiger partial charge in [0.2, 0.25) is 0 Å². The SMILES string of the molecule is CC(C)(C)OC(=O)N1CCC[C@](O)(C[C@@H](CO)c2ccccc2)[C@H]1c1ccccc1. The molecule has 30 heavy (non-hydrogen) atoms. The molecule has 5 heteroatoms. The molecule has 0 radical (unpaired) electrons. The van der Waals surface area contributed by atoms with Gasteiger partial charge in [0.1, 0.15) is 5.60 Å². The Morgan fingerprint density at radius 2 is 1.73 bits per heavy atom. The van der Waals surface area contributed by atoms with Crippen LogP contribution in [0.4, 0.5) is 4.79 Å². The molecule has 0 aliphatic carbocycles. The van der Waals surface area contributed by atoms with Crippen LogP contribution in [0.1, 0.15) is 63.1 Å². The van der Waals surface area contributed by atoms with E-state index in [2.05, 4.69) is 0 Å². The Bertz CT molecular complexity index is 818. The van der Waals surface area contributed by atoms with Crippen molar-refractivity contribution in [2.24, 2.45) is 0 Å². The Morgan fingerprint density at radius 3 is 2.30 bits per heavy atom. The van der Waals surface area contributed by atoms with Crippen molar-refractivity contribution in [3.63, 3.8) is 0 Å². The van der Waals surface area contributed by atoms with E-state index in [-0.39, 0.29) is 12.5 Å². The van der Waals surface area contributed by atoms with Crippen LogP contribution in [-0.4, -0.2) is 45.6 Å². The van der Waals surface area contributed by atoms with Crippen LogP contribution < -0.4 is 0 Å². The summed E-state index contributed by atoms with van der Waals surface area (Å²) in [6.45, 7) is 5.98. The normalized spacial score (nSPS) is 23.1. The summed E-state index contributed by atoms with van der Waals surface area (Å²) >= 11 is 0. The van der Waals surface area contributed by atoms with Crippen LogP contribution in [0, 0.1) is 0 Å². The minimum atomic E-state index is -1.18. The zero-order valence-corrected chi connectivity index (χ0v) is 18.1. The average molecular weight is 412 g/mol. The third-order valence-corrected chi connectivity index (χ3v) is 5.66. The lowest BCUT2D eigenvalue weighted by Gasteiger charge is -2.48. The van der Waals surface area contributed by atoms with Crippen molar-refractivity contribution in [3.05, 3.63) is 71.8 Å². The van der Waals surface area contributed by atoms with E-state index in [0.29, 0.717) is 25.8 Å². The molecule has 2 aromatic rings. The van der Waals surface area contributed by atoms with E-state index in [4.69, 9.17) is 4.74 Å². The molecular weight excluding hydrogens is 378 g/mol. The van der Waals surface area contributed by atoms with Gasteiger partial charge < -0.3 is 14.9 Å². The highest BCUT2D eigenvalue weighted by molar-refractivity contribution is 5.69. The number of aliphatic hydroxyl groups excluding tert-OH is 1. The number of rotatable bonds is 5. The Kier molecular flexibility index (Phi) is 6.84. The van der Waals surface area contributed by atoms with E-state index in [1.54, 1.807) is 4.90 Å². The van der Waals surface area contributed by atoms with Crippen LogP contribution >= 0.6 is 0 Å². The average Bonchev–Trinajstić information content (AvgIpc) is 2.72. The summed E-state index contributed by atoms with van der Waals surface area (Å²) in [5.41, 5.74) is 0.0515. The highest BCUT2D eigenvalue weighted by Gasteiger charge is 2.48. The predicted molar refractivity (Wildman–Crippen MR) is 117 cm³/mol. The first kappa shape index (κ1) is 22.3. The van der Waals surface area contributed by atoms with Crippen LogP contribution in [0.3, 0.4) is 0 Å². The largest absolute Gasteiger partial charge is 0.444 e. The summed E-state index contributed by atoms with van der Waals surface area (Å²) in [6, 6.07) is 18.8. The molecule has 2 N–H and O–H groups in total. The van der Waals surface area contributed by atoms with E-state index in [1.807, 2.05) is 81.4 Å². The number of carbonyl (C=O) groups excluding carboxylic acids is 1. The zero-order valence-electron chi connectivity index (χ0n) is 18.1. The molecule has 0 spiro atoms. The molecular formula is C25H33NO4. The highest BCUT2D eigenvalue weighted by Crippen LogP contribution is 2.45. The van der Waals surface area contributed by atoms with Gasteiger partial charge in [-0.15, -0.1) is 0 Å². The Labute approximate surface area is 179 Å². The van der Waals surface area contributed by atoms with Crippen molar-refractivity contribution < 1.29 is 19.7 Å². The summed E-state index contributed by atoms with van der Waals surface area (Å²) in [6.07, 6.45) is 1.16. The molecule has 1 aliphatic rings. The second-order valence-corrected chi connectivity index (χ2v) is 9.19. The topological polar surface area (TPSA) is 70.0 Å². The second-order valence-electron chi connectivity index (χ2n) is 9.19. The third kappa shape index (κ3) is 5.21. The van der Waals surface area contributed by atoms with Gasteiger partial charge in [-0.3, -0.25) is 4.90 Å². The molecule has 1 fully saturated rings. The van der Waals surface area contributed by atoms with Gasteiger partial charge in [0.05, 0.1) is 18.2 Å². The summed E-state index contributed by atoms with van der Waals surface area (Å²) in [5.74, 6) is -0.221. The molecule has 1 saturated heterocycles. The van der Waals surface area contributed by atoms with E-state index >= 15 is 0 Å². The van der Waals surface area contributed by atoms with E-state index in [9.17, 15) is 15.0 Å². The summed E-state index contributed by atoms with van der Waals surface area (Å²) in [7, 11) is 0. The van der Waals surface area contributed by atoms with Crippen LogP contribution in [-0.2, 0) is 4.74 Å². The zero-order chi connectivity index (χ0) is 21.8. The minimum absolute atomic E-state index is 0.0692.